The Morgan fingerprint density at radius 1 is 1.41 bits per heavy atom. The van der Waals surface area contributed by atoms with Crippen LogP contribution in [-0.2, 0) is 0 Å². The van der Waals surface area contributed by atoms with Crippen molar-refractivity contribution in [1.29, 1.82) is 0 Å². The van der Waals surface area contributed by atoms with E-state index in [0.29, 0.717) is 0 Å². The molecule has 0 radical (unpaired) electrons. The largest absolute Gasteiger partial charge is 0.488 e. The van der Waals surface area contributed by atoms with E-state index in [1.165, 1.54) is 12.1 Å². The minimum absolute atomic E-state index is 0.000883. The minimum atomic E-state index is -0.747. The summed E-state index contributed by atoms with van der Waals surface area (Å²) >= 11 is 0. The maximum Gasteiger partial charge on any atom is 0.165 e. The van der Waals surface area contributed by atoms with E-state index >= 15 is 0 Å². The van der Waals surface area contributed by atoms with Gasteiger partial charge in [-0.2, -0.15) is 0 Å². The van der Waals surface area contributed by atoms with Crippen LogP contribution in [0.2, 0.25) is 0 Å². The Balaban J connectivity index is 2.28. The zero-order valence-electron chi connectivity index (χ0n) is 9.77. The van der Waals surface area contributed by atoms with Gasteiger partial charge in [0.2, 0.25) is 0 Å². The molecule has 5 heteroatoms. The molecule has 0 spiro atoms. The number of nitrogens with one attached hydrogen (secondary N) is 1. The number of rotatable bonds is 7. The molecule has 0 aliphatic carbocycles. The van der Waals surface area contributed by atoms with Gasteiger partial charge in [-0.05, 0) is 19.1 Å². The van der Waals surface area contributed by atoms with Gasteiger partial charge in [-0.25, -0.2) is 4.39 Å². The molecule has 0 heterocycles. The van der Waals surface area contributed by atoms with Crippen LogP contribution in [0, 0.1) is 5.82 Å². The first-order valence-corrected chi connectivity index (χ1v) is 5.53. The van der Waals surface area contributed by atoms with Crippen molar-refractivity contribution >= 4 is 0 Å². The standard InChI is InChI=1S/C12H18FNO3/c1-9(7-15)14-6-10(16)8-17-12-5-3-2-4-11(12)13/h2-5,9-10,14-16H,6-8H2,1H3. The van der Waals surface area contributed by atoms with Gasteiger partial charge in [0.1, 0.15) is 12.7 Å². The summed E-state index contributed by atoms with van der Waals surface area (Å²) in [7, 11) is 0. The molecule has 0 saturated carbocycles. The Labute approximate surface area is 100 Å². The molecular weight excluding hydrogens is 225 g/mol. The van der Waals surface area contributed by atoms with Crippen LogP contribution in [0.1, 0.15) is 6.92 Å². The fourth-order valence-corrected chi connectivity index (χ4v) is 1.21. The van der Waals surface area contributed by atoms with Gasteiger partial charge in [-0.3, -0.25) is 0 Å². The molecule has 1 rings (SSSR count). The number of para-hydroxylation sites is 1. The monoisotopic (exact) mass is 243 g/mol. The second kappa shape index (κ2) is 7.21. The highest BCUT2D eigenvalue weighted by atomic mass is 19.1. The molecule has 0 aromatic heterocycles. The number of aliphatic hydroxyl groups excluding tert-OH is 2. The first kappa shape index (κ1) is 13.9. The molecule has 1 aromatic carbocycles. The van der Waals surface area contributed by atoms with Crippen LogP contribution in [-0.4, -0.2) is 42.1 Å². The SMILES string of the molecule is CC(CO)NCC(O)COc1ccccc1F. The van der Waals surface area contributed by atoms with Gasteiger partial charge in [-0.1, -0.05) is 12.1 Å². The van der Waals surface area contributed by atoms with Crippen LogP contribution in [0.15, 0.2) is 24.3 Å². The fraction of sp³-hybridized carbons (Fsp3) is 0.500. The Kier molecular flexibility index (Phi) is 5.90. The van der Waals surface area contributed by atoms with E-state index in [4.69, 9.17) is 9.84 Å². The van der Waals surface area contributed by atoms with Crippen molar-refractivity contribution < 1.29 is 19.3 Å². The third kappa shape index (κ3) is 5.12. The first-order chi connectivity index (χ1) is 8.13. The molecule has 0 saturated heterocycles. The lowest BCUT2D eigenvalue weighted by Gasteiger charge is -2.16. The zero-order valence-corrected chi connectivity index (χ0v) is 9.77. The third-order valence-electron chi connectivity index (χ3n) is 2.24. The topological polar surface area (TPSA) is 61.7 Å². The van der Waals surface area contributed by atoms with Crippen molar-refractivity contribution in [2.75, 3.05) is 19.8 Å². The lowest BCUT2D eigenvalue weighted by atomic mass is 10.3. The number of hydrogen-bond acceptors (Lipinski definition) is 4. The molecule has 0 bridgehead atoms. The van der Waals surface area contributed by atoms with Crippen molar-refractivity contribution in [3.8, 4) is 5.75 Å². The van der Waals surface area contributed by atoms with Crippen LogP contribution in [0.3, 0.4) is 0 Å². The molecule has 4 nitrogen and oxygen atoms in total. The van der Waals surface area contributed by atoms with E-state index < -0.39 is 11.9 Å². The van der Waals surface area contributed by atoms with Gasteiger partial charge in [0, 0.05) is 12.6 Å². The van der Waals surface area contributed by atoms with Gasteiger partial charge in [0.15, 0.2) is 11.6 Å². The van der Waals surface area contributed by atoms with Crippen LogP contribution in [0.25, 0.3) is 0 Å². The van der Waals surface area contributed by atoms with Gasteiger partial charge < -0.3 is 20.3 Å². The second-order valence-corrected chi connectivity index (χ2v) is 3.89. The molecule has 1 aromatic rings. The van der Waals surface area contributed by atoms with Crippen molar-refractivity contribution in [3.05, 3.63) is 30.1 Å². The number of aliphatic hydroxyl groups is 2. The summed E-state index contributed by atoms with van der Waals surface area (Å²) in [5, 5.41) is 21.2. The average Bonchev–Trinajstić information content (AvgIpc) is 2.35. The van der Waals surface area contributed by atoms with Gasteiger partial charge in [-0.15, -0.1) is 0 Å². The van der Waals surface area contributed by atoms with Crippen molar-refractivity contribution in [2.24, 2.45) is 0 Å². The minimum Gasteiger partial charge on any atom is -0.488 e. The van der Waals surface area contributed by atoms with E-state index in [2.05, 4.69) is 5.32 Å². The number of benzene rings is 1. The highest BCUT2D eigenvalue weighted by Gasteiger charge is 2.08. The van der Waals surface area contributed by atoms with E-state index in [9.17, 15) is 9.50 Å². The third-order valence-corrected chi connectivity index (χ3v) is 2.24. The number of ether oxygens (including phenoxy) is 1. The Hall–Kier alpha value is -1.17. The van der Waals surface area contributed by atoms with Gasteiger partial charge in [0.05, 0.1) is 6.61 Å². The first-order valence-electron chi connectivity index (χ1n) is 5.53. The molecule has 3 N–H and O–H groups in total. The summed E-state index contributed by atoms with van der Waals surface area (Å²) in [4.78, 5) is 0. The van der Waals surface area contributed by atoms with Crippen LogP contribution >= 0.6 is 0 Å². The zero-order chi connectivity index (χ0) is 12.7. The molecule has 2 atom stereocenters. The molecule has 0 aliphatic rings. The molecular formula is C12H18FNO3. The summed E-state index contributed by atoms with van der Waals surface area (Å²) in [6.45, 7) is 2.09. The molecule has 0 aliphatic heterocycles. The molecule has 0 fully saturated rings. The highest BCUT2D eigenvalue weighted by Crippen LogP contribution is 2.15. The molecule has 0 amide bonds. The second-order valence-electron chi connectivity index (χ2n) is 3.89. The van der Waals surface area contributed by atoms with E-state index in [1.54, 1.807) is 19.1 Å². The lowest BCUT2D eigenvalue weighted by molar-refractivity contribution is 0.0987. The fourth-order valence-electron chi connectivity index (χ4n) is 1.21. The molecule has 2 unspecified atom stereocenters. The van der Waals surface area contributed by atoms with Crippen LogP contribution in [0.5, 0.6) is 5.75 Å². The van der Waals surface area contributed by atoms with Gasteiger partial charge in [0.25, 0.3) is 0 Å². The highest BCUT2D eigenvalue weighted by molar-refractivity contribution is 5.23. The maximum absolute atomic E-state index is 13.2. The average molecular weight is 243 g/mol. The molecule has 96 valence electrons. The lowest BCUT2D eigenvalue weighted by Crippen LogP contribution is -2.38. The van der Waals surface area contributed by atoms with Gasteiger partial charge >= 0.3 is 0 Å². The smallest absolute Gasteiger partial charge is 0.165 e. The Bertz CT molecular complexity index is 335. The summed E-state index contributed by atoms with van der Waals surface area (Å²) in [6, 6.07) is 5.96. The van der Waals surface area contributed by atoms with Crippen LogP contribution < -0.4 is 10.1 Å². The van der Waals surface area contributed by atoms with E-state index in [1.807, 2.05) is 0 Å². The van der Waals surface area contributed by atoms with Crippen molar-refractivity contribution in [2.45, 2.75) is 19.1 Å². The van der Waals surface area contributed by atoms with Crippen molar-refractivity contribution in [1.82, 2.24) is 5.32 Å². The number of hydrogen-bond donors (Lipinski definition) is 3. The quantitative estimate of drug-likeness (QED) is 0.654. The number of halogens is 1. The summed E-state index contributed by atoms with van der Waals surface area (Å²) in [5.74, 6) is -0.321. The normalized spacial score (nSPS) is 14.4. The Morgan fingerprint density at radius 2 is 2.12 bits per heavy atom. The van der Waals surface area contributed by atoms with Crippen molar-refractivity contribution in [3.63, 3.8) is 0 Å². The predicted octanol–water partition coefficient (Wildman–Crippen LogP) is 0.536. The van der Waals surface area contributed by atoms with Crippen LogP contribution in [0.4, 0.5) is 4.39 Å². The predicted molar refractivity (Wildman–Crippen MR) is 62.5 cm³/mol. The van der Waals surface area contributed by atoms with E-state index in [-0.39, 0.29) is 31.5 Å². The summed E-state index contributed by atoms with van der Waals surface area (Å²) in [6.07, 6.45) is -0.747. The van der Waals surface area contributed by atoms with E-state index in [0.717, 1.165) is 0 Å². The molecule has 17 heavy (non-hydrogen) atoms. The summed E-state index contributed by atoms with van der Waals surface area (Å²) in [5.41, 5.74) is 0. The summed E-state index contributed by atoms with van der Waals surface area (Å²) < 4.78 is 18.3. The Morgan fingerprint density at radius 3 is 2.76 bits per heavy atom. The maximum atomic E-state index is 13.2.